The highest BCUT2D eigenvalue weighted by Gasteiger charge is 2.22. The van der Waals surface area contributed by atoms with Crippen LogP contribution in [0.5, 0.6) is 5.75 Å². The average Bonchev–Trinajstić information content (AvgIpc) is 3.46. The Kier molecular flexibility index (Phi) is 8.42. The zero-order chi connectivity index (χ0) is 23.0. The first-order chi connectivity index (χ1) is 16.1. The molecule has 1 saturated heterocycles. The van der Waals surface area contributed by atoms with E-state index in [1.54, 1.807) is 11.8 Å². The molecular weight excluding hydrogens is 432 g/mol. The zero-order valence-corrected chi connectivity index (χ0v) is 20.7. The Hall–Kier alpha value is -2.35. The van der Waals surface area contributed by atoms with Gasteiger partial charge in [0.1, 0.15) is 11.6 Å². The van der Waals surface area contributed by atoms with E-state index >= 15 is 0 Å². The smallest absolute Gasteiger partial charge is 0.191 e. The Morgan fingerprint density at radius 3 is 2.64 bits per heavy atom. The first kappa shape index (κ1) is 23.8. The molecule has 0 amide bonds. The van der Waals surface area contributed by atoms with Crippen LogP contribution >= 0.6 is 11.8 Å². The van der Waals surface area contributed by atoms with E-state index in [1.807, 2.05) is 19.1 Å². The summed E-state index contributed by atoms with van der Waals surface area (Å²) in [7, 11) is 2.12. The first-order valence-corrected chi connectivity index (χ1v) is 12.7. The van der Waals surface area contributed by atoms with Crippen LogP contribution in [-0.2, 0) is 30.1 Å². The minimum atomic E-state index is 0.238. The standard InChI is InChI=1S/C26H34N4O2S/c1-4-31-24-14-8-7-11-21(24)16-29(3)18-25-27-28-26(30(25)17-23-13-9-15-32-23)33-19-22-12-6-5-10-20(22)2/h5-8,10-12,14,23H,4,9,13,15-19H2,1-3H3/t23-/m0/s1. The molecule has 0 radical (unpaired) electrons. The fraction of sp³-hybridized carbons (Fsp3) is 0.462. The normalized spacial score (nSPS) is 15.9. The van der Waals surface area contributed by atoms with Crippen molar-refractivity contribution in [1.82, 2.24) is 19.7 Å². The van der Waals surface area contributed by atoms with Crippen LogP contribution in [-0.4, -0.2) is 46.0 Å². The molecular formula is C26H34N4O2S. The van der Waals surface area contributed by atoms with Gasteiger partial charge in [-0.3, -0.25) is 4.90 Å². The lowest BCUT2D eigenvalue weighted by atomic mass is 10.1. The van der Waals surface area contributed by atoms with Crippen molar-refractivity contribution in [2.45, 2.75) is 63.3 Å². The van der Waals surface area contributed by atoms with Crippen LogP contribution in [0.15, 0.2) is 53.7 Å². The van der Waals surface area contributed by atoms with Gasteiger partial charge in [0, 0.05) is 24.5 Å². The summed E-state index contributed by atoms with van der Waals surface area (Å²) < 4.78 is 14.0. The molecule has 3 aromatic rings. The van der Waals surface area contributed by atoms with E-state index in [1.165, 1.54) is 16.7 Å². The lowest BCUT2D eigenvalue weighted by molar-refractivity contribution is 0.0934. The Balaban J connectivity index is 1.49. The highest BCUT2D eigenvalue weighted by Crippen LogP contribution is 2.26. The summed E-state index contributed by atoms with van der Waals surface area (Å²) in [5, 5.41) is 10.1. The van der Waals surface area contributed by atoms with Gasteiger partial charge in [0.2, 0.25) is 0 Å². The van der Waals surface area contributed by atoms with E-state index in [4.69, 9.17) is 9.47 Å². The third-order valence-electron chi connectivity index (χ3n) is 5.95. The number of hydrogen-bond acceptors (Lipinski definition) is 6. The second-order valence-electron chi connectivity index (χ2n) is 8.57. The number of hydrogen-bond donors (Lipinski definition) is 0. The van der Waals surface area contributed by atoms with Crippen molar-refractivity contribution in [3.8, 4) is 5.75 Å². The lowest BCUT2D eigenvalue weighted by Gasteiger charge is -2.20. The maximum Gasteiger partial charge on any atom is 0.191 e. The predicted molar refractivity (Wildman–Crippen MR) is 133 cm³/mol. The Morgan fingerprint density at radius 1 is 1.09 bits per heavy atom. The highest BCUT2D eigenvalue weighted by atomic mass is 32.2. The predicted octanol–water partition coefficient (Wildman–Crippen LogP) is 5.09. The quantitative estimate of drug-likeness (QED) is 0.367. The first-order valence-electron chi connectivity index (χ1n) is 11.7. The minimum Gasteiger partial charge on any atom is -0.494 e. The van der Waals surface area contributed by atoms with Crippen molar-refractivity contribution in [3.05, 3.63) is 71.0 Å². The molecule has 2 heterocycles. The molecule has 7 heteroatoms. The zero-order valence-electron chi connectivity index (χ0n) is 19.9. The van der Waals surface area contributed by atoms with E-state index in [0.29, 0.717) is 13.2 Å². The third-order valence-corrected chi connectivity index (χ3v) is 6.96. The molecule has 1 aromatic heterocycles. The van der Waals surface area contributed by atoms with Gasteiger partial charge in [-0.25, -0.2) is 0 Å². The van der Waals surface area contributed by atoms with Crippen molar-refractivity contribution in [1.29, 1.82) is 0 Å². The second-order valence-corrected chi connectivity index (χ2v) is 9.52. The van der Waals surface area contributed by atoms with Gasteiger partial charge in [0.05, 0.1) is 25.8 Å². The van der Waals surface area contributed by atoms with Gasteiger partial charge in [0.15, 0.2) is 5.16 Å². The van der Waals surface area contributed by atoms with Gasteiger partial charge in [-0.15, -0.1) is 10.2 Å². The number of nitrogens with zero attached hydrogens (tertiary/aromatic N) is 4. The number of rotatable bonds is 11. The van der Waals surface area contributed by atoms with E-state index in [2.05, 4.69) is 70.0 Å². The number of para-hydroxylation sites is 1. The van der Waals surface area contributed by atoms with E-state index in [-0.39, 0.29) is 6.10 Å². The minimum absolute atomic E-state index is 0.238. The third kappa shape index (κ3) is 6.37. The number of thioether (sulfide) groups is 1. The number of ether oxygens (including phenoxy) is 2. The van der Waals surface area contributed by atoms with Crippen LogP contribution in [0.25, 0.3) is 0 Å². The van der Waals surface area contributed by atoms with Gasteiger partial charge >= 0.3 is 0 Å². The van der Waals surface area contributed by atoms with Crippen LogP contribution in [0.1, 0.15) is 42.3 Å². The number of benzene rings is 2. The molecule has 0 saturated carbocycles. The van der Waals surface area contributed by atoms with Crippen molar-refractivity contribution in [3.63, 3.8) is 0 Å². The molecule has 176 valence electrons. The monoisotopic (exact) mass is 466 g/mol. The van der Waals surface area contributed by atoms with Crippen LogP contribution in [0.2, 0.25) is 0 Å². The van der Waals surface area contributed by atoms with Gasteiger partial charge in [0.25, 0.3) is 0 Å². The molecule has 0 spiro atoms. The van der Waals surface area contributed by atoms with Crippen LogP contribution < -0.4 is 4.74 Å². The largest absolute Gasteiger partial charge is 0.494 e. The number of aromatic nitrogens is 3. The van der Waals surface area contributed by atoms with E-state index < -0.39 is 0 Å². The summed E-state index contributed by atoms with van der Waals surface area (Å²) in [5.74, 6) is 2.81. The van der Waals surface area contributed by atoms with Crippen molar-refractivity contribution >= 4 is 11.8 Å². The van der Waals surface area contributed by atoms with Gasteiger partial charge in [-0.05, 0) is 50.9 Å². The molecule has 6 nitrogen and oxygen atoms in total. The van der Waals surface area contributed by atoms with Gasteiger partial charge < -0.3 is 14.0 Å². The molecule has 0 N–H and O–H groups in total. The van der Waals surface area contributed by atoms with Crippen molar-refractivity contribution in [2.75, 3.05) is 20.3 Å². The lowest BCUT2D eigenvalue weighted by Crippen LogP contribution is -2.23. The molecule has 1 aliphatic heterocycles. The maximum atomic E-state index is 5.95. The summed E-state index contributed by atoms with van der Waals surface area (Å²) in [6.45, 7) is 8.00. The number of aryl methyl sites for hydroxylation is 1. The SMILES string of the molecule is CCOc1ccccc1CN(C)Cc1nnc(SCc2ccccc2C)n1C[C@@H]1CCCO1. The van der Waals surface area contributed by atoms with Crippen LogP contribution in [0.3, 0.4) is 0 Å². The molecule has 1 fully saturated rings. The average molecular weight is 467 g/mol. The molecule has 2 aromatic carbocycles. The van der Waals surface area contributed by atoms with Crippen LogP contribution in [0.4, 0.5) is 0 Å². The van der Waals surface area contributed by atoms with E-state index in [0.717, 1.165) is 55.0 Å². The summed E-state index contributed by atoms with van der Waals surface area (Å²) in [6.07, 6.45) is 2.46. The summed E-state index contributed by atoms with van der Waals surface area (Å²) in [6, 6.07) is 16.8. The molecule has 1 atom stereocenters. The Bertz CT molecular complexity index is 1030. The fourth-order valence-corrected chi connectivity index (χ4v) is 5.19. The Labute approximate surface area is 201 Å². The summed E-state index contributed by atoms with van der Waals surface area (Å²) >= 11 is 1.75. The van der Waals surface area contributed by atoms with Gasteiger partial charge in [-0.1, -0.05) is 54.2 Å². The summed E-state index contributed by atoms with van der Waals surface area (Å²) in [4.78, 5) is 2.27. The molecule has 1 aliphatic rings. The topological polar surface area (TPSA) is 52.4 Å². The molecule has 0 aliphatic carbocycles. The van der Waals surface area contributed by atoms with Gasteiger partial charge in [-0.2, -0.15) is 0 Å². The van der Waals surface area contributed by atoms with E-state index in [9.17, 15) is 0 Å². The maximum absolute atomic E-state index is 5.95. The summed E-state index contributed by atoms with van der Waals surface area (Å²) in [5.41, 5.74) is 3.82. The second kappa shape index (κ2) is 11.7. The molecule has 4 rings (SSSR count). The Morgan fingerprint density at radius 2 is 1.88 bits per heavy atom. The van der Waals surface area contributed by atoms with Crippen molar-refractivity contribution < 1.29 is 9.47 Å². The fourth-order valence-electron chi connectivity index (χ4n) is 4.15. The highest BCUT2D eigenvalue weighted by molar-refractivity contribution is 7.98. The molecule has 0 unspecified atom stereocenters. The van der Waals surface area contributed by atoms with Crippen LogP contribution in [0, 0.1) is 6.92 Å². The molecule has 33 heavy (non-hydrogen) atoms. The molecule has 0 bridgehead atoms. The van der Waals surface area contributed by atoms with Crippen molar-refractivity contribution in [2.24, 2.45) is 0 Å².